The van der Waals surface area contributed by atoms with Gasteiger partial charge >= 0.3 is 88.7 Å². The third kappa shape index (κ3) is 17.6. The molecule has 0 saturated carbocycles. The largest absolute Gasteiger partial charge is 1.00 e. The van der Waals surface area contributed by atoms with Crippen LogP contribution in [0.4, 0.5) is 4.79 Å². The minimum atomic E-state index is -2.33. The summed E-state index contributed by atoms with van der Waals surface area (Å²) < 4.78 is 0. The molecule has 0 aliphatic rings. The number of aliphatic carboxylic acids is 1. The predicted octanol–water partition coefficient (Wildman–Crippen LogP) is -16.3. The number of aliphatic hydroxyl groups excluding tert-OH is 5. The summed E-state index contributed by atoms with van der Waals surface area (Å²) in [5.74, 6) is -1.98. The van der Waals surface area contributed by atoms with Crippen LogP contribution in [0.1, 0.15) is 0 Å². The van der Waals surface area contributed by atoms with Gasteiger partial charge in [-0.1, -0.05) is 0 Å². The summed E-state index contributed by atoms with van der Waals surface area (Å²) in [6, 6.07) is 0. The van der Waals surface area contributed by atoms with Crippen LogP contribution in [0.3, 0.4) is 0 Å². The van der Waals surface area contributed by atoms with Gasteiger partial charge in [-0.15, -0.1) is 0 Å². The molecule has 0 aromatic heterocycles. The van der Waals surface area contributed by atoms with Gasteiger partial charge in [-0.3, -0.25) is 0 Å². The van der Waals surface area contributed by atoms with Crippen LogP contribution in [0.15, 0.2) is 0 Å². The van der Waals surface area contributed by atoms with Crippen molar-refractivity contribution in [2.45, 2.75) is 24.4 Å². The number of hydrogen-bond donors (Lipinski definition) is 5. The zero-order chi connectivity index (χ0) is 14.2. The molecular weight excluding hydrogens is 313 g/mol. The third-order valence-electron chi connectivity index (χ3n) is 1.50. The van der Waals surface area contributed by atoms with Crippen LogP contribution >= 0.6 is 0 Å². The molecule has 0 rings (SSSR count). The summed E-state index contributed by atoms with van der Waals surface area (Å²) in [7, 11) is 0. The molecule has 0 radical (unpaired) electrons. The van der Waals surface area contributed by atoms with E-state index < -0.39 is 43.1 Å². The fraction of sp³-hybridized carbons (Fsp3) is 0.714. The number of carboxylic acid groups (broad SMARTS) is 3. The van der Waals surface area contributed by atoms with Crippen molar-refractivity contribution in [1.82, 2.24) is 0 Å². The standard InChI is InChI=1S/C6H12O7.CH2O3.3Na/c7-1-2(8)3(9)4(10)5(11)6(12)13;2-1(3)4;;;/h2-5,7-11H,1H2,(H,12,13);(H2,2,3,4);;;/q;;3*+1/p-3. The molecule has 0 aromatic carbocycles. The average Bonchev–Trinajstić information content (AvgIpc) is 2.23. The Morgan fingerprint density at radius 3 is 1.35 bits per heavy atom. The summed E-state index contributed by atoms with van der Waals surface area (Å²) in [4.78, 5) is 18.3. The van der Waals surface area contributed by atoms with Gasteiger partial charge in [-0.2, -0.15) is 0 Å². The maximum atomic E-state index is 9.98. The quantitative estimate of drug-likeness (QED) is 0.302. The van der Waals surface area contributed by atoms with Crippen molar-refractivity contribution in [2.75, 3.05) is 6.61 Å². The monoisotopic (exact) mass is 324 g/mol. The summed E-state index contributed by atoms with van der Waals surface area (Å²) >= 11 is 0. The normalized spacial score (nSPS) is 14.4. The fourth-order valence-corrected chi connectivity index (χ4v) is 0.662. The van der Waals surface area contributed by atoms with Crippen LogP contribution in [0, 0.1) is 0 Å². The van der Waals surface area contributed by atoms with Gasteiger partial charge in [0.15, 0.2) is 0 Å². The second kappa shape index (κ2) is 18.6. The van der Waals surface area contributed by atoms with Crippen LogP contribution in [-0.4, -0.2) is 68.7 Å². The Morgan fingerprint density at radius 1 is 0.850 bits per heavy atom. The molecule has 0 aliphatic heterocycles. The Labute approximate surface area is 180 Å². The summed E-state index contributed by atoms with van der Waals surface area (Å²) in [6.45, 7) is -0.863. The Balaban J connectivity index is -0.0000000951. The van der Waals surface area contributed by atoms with Gasteiger partial charge in [0.1, 0.15) is 24.4 Å². The van der Waals surface area contributed by atoms with Gasteiger partial charge in [-0.25, -0.2) is 0 Å². The van der Waals surface area contributed by atoms with E-state index in [1.807, 2.05) is 0 Å². The minimum Gasteiger partial charge on any atom is -0.652 e. The number of carboxylic acids is 1. The molecule has 0 fully saturated rings. The Morgan fingerprint density at radius 2 is 1.15 bits per heavy atom. The topological polar surface area (TPSA) is 204 Å². The van der Waals surface area contributed by atoms with Gasteiger partial charge in [0.25, 0.3) is 0 Å². The van der Waals surface area contributed by atoms with E-state index in [0.29, 0.717) is 0 Å². The molecule has 4 atom stereocenters. The molecule has 5 N–H and O–H groups in total. The number of aliphatic hydroxyl groups is 5. The van der Waals surface area contributed by atoms with E-state index in [9.17, 15) is 9.90 Å². The SMILES string of the molecule is O=C([O-])C(O)C(O)C(O)C(O)CO.O=C([O-])[O-].[Na+].[Na+].[Na+]. The van der Waals surface area contributed by atoms with Crippen molar-refractivity contribution in [3.63, 3.8) is 0 Å². The van der Waals surface area contributed by atoms with Crippen molar-refractivity contribution in [3.05, 3.63) is 0 Å². The van der Waals surface area contributed by atoms with E-state index in [1.165, 1.54) is 0 Å². The van der Waals surface area contributed by atoms with E-state index in [-0.39, 0.29) is 88.7 Å². The Bertz CT molecular complexity index is 249. The van der Waals surface area contributed by atoms with Crippen molar-refractivity contribution in [3.8, 4) is 0 Å². The average molecular weight is 324 g/mol. The smallest absolute Gasteiger partial charge is 0.652 e. The summed E-state index contributed by atoms with van der Waals surface area (Å²) in [6.07, 6.45) is -10.4. The molecule has 102 valence electrons. The van der Waals surface area contributed by atoms with Crippen LogP contribution in [0.25, 0.3) is 0 Å². The predicted molar refractivity (Wildman–Crippen MR) is 41.5 cm³/mol. The Hall–Kier alpha value is 1.54. The van der Waals surface area contributed by atoms with Crippen molar-refractivity contribution in [2.24, 2.45) is 0 Å². The zero-order valence-corrected chi connectivity index (χ0v) is 17.3. The molecule has 4 unspecified atom stereocenters. The minimum absolute atomic E-state index is 0. The molecule has 0 aromatic rings. The van der Waals surface area contributed by atoms with Gasteiger partial charge < -0.3 is 50.4 Å². The van der Waals surface area contributed by atoms with Crippen LogP contribution < -0.4 is 104 Å². The first-order valence-corrected chi connectivity index (χ1v) is 4.07. The fourth-order valence-electron chi connectivity index (χ4n) is 0.662. The second-order valence-corrected chi connectivity index (χ2v) is 2.74. The Kier molecular flexibility index (Phi) is 30.9. The molecule has 0 bridgehead atoms. The molecule has 0 aliphatic carbocycles. The first-order valence-electron chi connectivity index (χ1n) is 4.07. The second-order valence-electron chi connectivity index (χ2n) is 2.74. The molecular formula is C7H11Na3O10. The van der Waals surface area contributed by atoms with Crippen molar-refractivity contribution < 1.29 is 139 Å². The van der Waals surface area contributed by atoms with E-state index in [1.54, 1.807) is 0 Å². The van der Waals surface area contributed by atoms with Crippen molar-refractivity contribution >= 4 is 12.1 Å². The molecule has 0 amide bonds. The first-order chi connectivity index (χ1) is 7.64. The molecule has 13 heteroatoms. The van der Waals surface area contributed by atoms with Crippen molar-refractivity contribution in [1.29, 1.82) is 0 Å². The van der Waals surface area contributed by atoms with Crippen LogP contribution in [0.5, 0.6) is 0 Å². The van der Waals surface area contributed by atoms with Gasteiger partial charge in [0.2, 0.25) is 0 Å². The van der Waals surface area contributed by atoms with Gasteiger partial charge in [0.05, 0.1) is 12.6 Å². The van der Waals surface area contributed by atoms with Crippen LogP contribution in [0.2, 0.25) is 0 Å². The first kappa shape index (κ1) is 33.2. The molecule has 10 nitrogen and oxygen atoms in total. The number of hydrogen-bond acceptors (Lipinski definition) is 10. The van der Waals surface area contributed by atoms with E-state index in [4.69, 9.17) is 40.5 Å². The van der Waals surface area contributed by atoms with E-state index in [0.717, 1.165) is 0 Å². The van der Waals surface area contributed by atoms with E-state index >= 15 is 0 Å². The molecule has 0 heterocycles. The van der Waals surface area contributed by atoms with Crippen LogP contribution in [-0.2, 0) is 4.79 Å². The summed E-state index contributed by atoms with van der Waals surface area (Å²) in [5, 5.41) is 70.1. The number of carbonyl (C=O) groups is 2. The molecule has 0 saturated heterocycles. The summed E-state index contributed by atoms with van der Waals surface area (Å²) in [5.41, 5.74) is 0. The maximum absolute atomic E-state index is 9.98. The number of rotatable bonds is 5. The molecule has 20 heavy (non-hydrogen) atoms. The van der Waals surface area contributed by atoms with Gasteiger partial charge in [-0.05, 0) is 6.16 Å². The van der Waals surface area contributed by atoms with Gasteiger partial charge in [0, 0.05) is 0 Å². The number of carbonyl (C=O) groups excluding carboxylic acids is 2. The van der Waals surface area contributed by atoms with E-state index in [2.05, 4.69) is 0 Å². The zero-order valence-electron chi connectivity index (χ0n) is 11.3. The maximum Gasteiger partial charge on any atom is 1.00 e. The third-order valence-corrected chi connectivity index (χ3v) is 1.50. The molecule has 0 spiro atoms.